The number of benzene rings is 2. The second-order valence-electron chi connectivity index (χ2n) is 6.67. The fraction of sp³-hybridized carbons (Fsp3) is 0.250. The summed E-state index contributed by atoms with van der Waals surface area (Å²) in [5, 5.41) is 2.69. The van der Waals surface area contributed by atoms with Crippen LogP contribution >= 0.6 is 0 Å². The van der Waals surface area contributed by atoms with Crippen molar-refractivity contribution in [3.8, 4) is 11.1 Å². The minimum Gasteiger partial charge on any atom is -1.00 e. The van der Waals surface area contributed by atoms with E-state index in [0.29, 0.717) is 0 Å². The molecule has 0 atom stereocenters. The summed E-state index contributed by atoms with van der Waals surface area (Å²) < 4.78 is 0. The predicted octanol–water partition coefficient (Wildman–Crippen LogP) is 5.07. The van der Waals surface area contributed by atoms with E-state index in [1.165, 1.54) is 33.0 Å². The summed E-state index contributed by atoms with van der Waals surface area (Å²) in [5.74, 6) is 0. The number of aryl methyl sites for hydroxylation is 1. The zero-order valence-corrected chi connectivity index (χ0v) is 16.8. The first kappa shape index (κ1) is 22.1. The van der Waals surface area contributed by atoms with Crippen molar-refractivity contribution in [2.45, 2.75) is 33.1 Å². The van der Waals surface area contributed by atoms with E-state index in [9.17, 15) is 0 Å². The van der Waals surface area contributed by atoms with Crippen molar-refractivity contribution in [3.63, 3.8) is 0 Å². The van der Waals surface area contributed by atoms with E-state index in [2.05, 4.69) is 82.3 Å². The van der Waals surface area contributed by atoms with E-state index < -0.39 is 0 Å². The van der Waals surface area contributed by atoms with Crippen molar-refractivity contribution in [2.24, 2.45) is 0 Å². The summed E-state index contributed by atoms with van der Waals surface area (Å²) in [6.45, 7) is 8.92. The van der Waals surface area contributed by atoms with Crippen molar-refractivity contribution >= 4 is 27.6 Å². The van der Waals surface area contributed by atoms with Gasteiger partial charge >= 0.3 is 26.2 Å². The molecule has 9 radical (unpaired) electrons. The SMILES string of the molecule is Cc1cc2c(-c3ccc(C(C)(C)C)cc3)cccc2[cH-]1.[B-].[B-].[Zr+3]. The van der Waals surface area contributed by atoms with Crippen LogP contribution in [0.2, 0.25) is 0 Å². The van der Waals surface area contributed by atoms with E-state index in [4.69, 9.17) is 0 Å². The van der Waals surface area contributed by atoms with Gasteiger partial charge in [0.05, 0.1) is 0 Å². The van der Waals surface area contributed by atoms with Gasteiger partial charge in [-0.05, 0) is 16.5 Å². The molecule has 3 aromatic rings. The van der Waals surface area contributed by atoms with Crippen LogP contribution in [-0.2, 0) is 31.6 Å². The van der Waals surface area contributed by atoms with Crippen molar-refractivity contribution in [3.05, 3.63) is 65.7 Å². The Balaban J connectivity index is 0.00000161. The molecular formula is C20H21B2Zr. The number of rotatable bonds is 1. The quantitative estimate of drug-likeness (QED) is 0.412. The van der Waals surface area contributed by atoms with Crippen molar-refractivity contribution in [1.82, 2.24) is 0 Å². The third-order valence-corrected chi connectivity index (χ3v) is 3.96. The molecule has 111 valence electrons. The average Bonchev–Trinajstić information content (AvgIpc) is 2.78. The molecule has 3 heteroatoms. The fourth-order valence-corrected chi connectivity index (χ4v) is 2.79. The molecule has 0 aliphatic rings. The van der Waals surface area contributed by atoms with Gasteiger partial charge in [0.25, 0.3) is 0 Å². The van der Waals surface area contributed by atoms with Crippen LogP contribution in [-0.4, -0.2) is 16.8 Å². The van der Waals surface area contributed by atoms with E-state index >= 15 is 0 Å². The van der Waals surface area contributed by atoms with Crippen molar-refractivity contribution in [2.75, 3.05) is 0 Å². The molecule has 0 saturated carbocycles. The molecule has 0 heterocycles. The van der Waals surface area contributed by atoms with Gasteiger partial charge in [-0.15, -0.1) is 34.5 Å². The fourth-order valence-electron chi connectivity index (χ4n) is 2.79. The molecule has 0 amide bonds. The van der Waals surface area contributed by atoms with Gasteiger partial charge in [-0.2, -0.15) is 6.07 Å². The molecule has 0 bridgehead atoms. The van der Waals surface area contributed by atoms with Crippen LogP contribution in [0.3, 0.4) is 0 Å². The van der Waals surface area contributed by atoms with E-state index in [0.717, 1.165) is 0 Å². The Hall–Kier alpha value is -0.937. The standard InChI is InChI=1S/C20H21.2B.Zr/c1-14-12-16-6-5-7-18(19(16)13-14)15-8-10-17(11-9-15)20(2,3)4;;;/h5-13H,1-4H3;;;/q3*-1;+3. The molecule has 0 unspecified atom stereocenters. The van der Waals surface area contributed by atoms with Crippen molar-refractivity contribution < 1.29 is 26.2 Å². The van der Waals surface area contributed by atoms with Gasteiger partial charge in [0, 0.05) is 0 Å². The Kier molecular flexibility index (Phi) is 7.91. The molecule has 0 saturated heterocycles. The minimum atomic E-state index is 0. The molecular weight excluding hydrogens is 353 g/mol. The molecule has 3 aromatic carbocycles. The van der Waals surface area contributed by atoms with Crippen LogP contribution in [0, 0.1) is 6.92 Å². The van der Waals surface area contributed by atoms with Gasteiger partial charge < -0.3 is 16.8 Å². The first-order valence-electron chi connectivity index (χ1n) is 7.22. The van der Waals surface area contributed by atoms with Gasteiger partial charge in [0.2, 0.25) is 0 Å². The third kappa shape index (κ3) is 4.54. The van der Waals surface area contributed by atoms with Gasteiger partial charge in [-0.1, -0.05) is 63.6 Å². The molecule has 0 nitrogen and oxygen atoms in total. The Morgan fingerprint density at radius 2 is 1.48 bits per heavy atom. The number of hydrogen-bond acceptors (Lipinski definition) is 0. The van der Waals surface area contributed by atoms with Crippen LogP contribution in [0.1, 0.15) is 31.9 Å². The zero-order chi connectivity index (χ0) is 14.3. The van der Waals surface area contributed by atoms with E-state index in [1.807, 2.05) is 0 Å². The summed E-state index contributed by atoms with van der Waals surface area (Å²) in [7, 11) is 0. The summed E-state index contributed by atoms with van der Waals surface area (Å²) in [4.78, 5) is 0. The molecule has 23 heavy (non-hydrogen) atoms. The normalized spacial score (nSPS) is 10.4. The van der Waals surface area contributed by atoms with Gasteiger partial charge in [0.15, 0.2) is 0 Å². The molecule has 3 rings (SSSR count). The molecule has 0 aliphatic heterocycles. The second-order valence-corrected chi connectivity index (χ2v) is 6.67. The summed E-state index contributed by atoms with van der Waals surface area (Å²) >= 11 is 0. The van der Waals surface area contributed by atoms with E-state index in [-0.39, 0.29) is 48.4 Å². The maximum absolute atomic E-state index is 2.28. The molecule has 0 aromatic heterocycles. The third-order valence-electron chi connectivity index (χ3n) is 3.96. The maximum atomic E-state index is 2.28. The van der Waals surface area contributed by atoms with Crippen LogP contribution in [0.15, 0.2) is 54.6 Å². The molecule has 0 fully saturated rings. The smallest absolute Gasteiger partial charge is 1.00 e. The average molecular weight is 374 g/mol. The predicted molar refractivity (Wildman–Crippen MR) is 99.9 cm³/mol. The Bertz CT molecular complexity index is 749. The number of hydrogen-bond donors (Lipinski definition) is 0. The summed E-state index contributed by atoms with van der Waals surface area (Å²) in [5.41, 5.74) is 5.55. The first-order chi connectivity index (χ1) is 9.45. The van der Waals surface area contributed by atoms with E-state index in [1.54, 1.807) is 0 Å². The topological polar surface area (TPSA) is 0 Å². The molecule has 0 N–H and O–H groups in total. The minimum absolute atomic E-state index is 0. The Morgan fingerprint density at radius 1 is 0.870 bits per heavy atom. The van der Waals surface area contributed by atoms with Crippen LogP contribution in [0.4, 0.5) is 0 Å². The Labute approximate surface area is 163 Å². The summed E-state index contributed by atoms with van der Waals surface area (Å²) in [6.07, 6.45) is 0. The zero-order valence-electron chi connectivity index (χ0n) is 14.4. The molecule has 0 spiro atoms. The van der Waals surface area contributed by atoms with Gasteiger partial charge in [0.1, 0.15) is 0 Å². The second kappa shape index (κ2) is 8.25. The molecule has 0 aliphatic carbocycles. The van der Waals surface area contributed by atoms with Crippen LogP contribution in [0.5, 0.6) is 0 Å². The van der Waals surface area contributed by atoms with Gasteiger partial charge in [-0.25, -0.2) is 0 Å². The van der Waals surface area contributed by atoms with Crippen LogP contribution in [0.25, 0.3) is 21.9 Å². The van der Waals surface area contributed by atoms with Gasteiger partial charge in [-0.3, -0.25) is 0 Å². The van der Waals surface area contributed by atoms with Crippen molar-refractivity contribution in [1.29, 1.82) is 0 Å². The number of fused-ring (bicyclic) bond motifs is 1. The largest absolute Gasteiger partial charge is 3.00 e. The van der Waals surface area contributed by atoms with Crippen LogP contribution < -0.4 is 0 Å². The first-order valence-corrected chi connectivity index (χ1v) is 7.22. The maximum Gasteiger partial charge on any atom is 3.00 e. The summed E-state index contributed by atoms with van der Waals surface area (Å²) in [6, 6.07) is 20.1. The Morgan fingerprint density at radius 3 is 2.04 bits per heavy atom. The monoisotopic (exact) mass is 373 g/mol.